The monoisotopic (exact) mass is 1970 g/mol. The van der Waals surface area contributed by atoms with E-state index >= 15 is 0 Å². The smallest absolute Gasteiger partial charge is 0.390 e. The van der Waals surface area contributed by atoms with E-state index in [2.05, 4.69) is 21.6 Å². The van der Waals surface area contributed by atoms with E-state index in [0.717, 1.165) is 189 Å². The Morgan fingerprint density at radius 3 is 0.936 bits per heavy atom. The first-order chi connectivity index (χ1) is 68.1. The van der Waals surface area contributed by atoms with E-state index in [0.29, 0.717) is 69.3 Å². The third-order valence-corrected chi connectivity index (χ3v) is 31.1. The minimum atomic E-state index is -4.16. The third kappa shape index (κ3) is 22.4. The minimum absolute atomic E-state index is 0.0352. The van der Waals surface area contributed by atoms with Gasteiger partial charge in [-0.1, -0.05) is 13.3 Å². The molecule has 1 aliphatic carbocycles. The Bertz CT molecular complexity index is 7220. The number of thiophene rings is 4. The molecular formula is C113H103F3N4O17S4. The molecule has 1 unspecified atom stereocenters. The van der Waals surface area contributed by atoms with Crippen molar-refractivity contribution < 1.29 is 96.9 Å². The predicted molar refractivity (Wildman–Crippen MR) is 547 cm³/mol. The molecule has 1 saturated carbocycles. The van der Waals surface area contributed by atoms with Crippen molar-refractivity contribution in [3.8, 4) is 111 Å². The summed E-state index contributed by atoms with van der Waals surface area (Å²) in [6.07, 6.45) is 1.81. The fourth-order valence-corrected chi connectivity index (χ4v) is 23.7. The molecule has 0 bridgehead atoms. The number of hydrogen-bond acceptors (Lipinski definition) is 25. The number of hydrogen-bond donors (Lipinski definition) is 8. The lowest BCUT2D eigenvalue weighted by Crippen LogP contribution is -2.55. The molecule has 8 N–H and O–H groups in total. The van der Waals surface area contributed by atoms with Crippen LogP contribution in [0.25, 0.3) is 82.1 Å². The number of halogens is 3. The fraction of sp³-hybridized carbons (Fsp3) is 0.257. The van der Waals surface area contributed by atoms with Gasteiger partial charge in [0.2, 0.25) is 0 Å². The number of rotatable bonds is 28. The molecule has 5 saturated heterocycles. The van der Waals surface area contributed by atoms with Crippen molar-refractivity contribution in [2.75, 3.05) is 91.8 Å². The first-order valence-corrected chi connectivity index (χ1v) is 50.4. The fourth-order valence-electron chi connectivity index (χ4n) is 18.7. The van der Waals surface area contributed by atoms with Crippen LogP contribution in [-0.2, 0) is 4.74 Å². The van der Waals surface area contributed by atoms with Crippen molar-refractivity contribution >= 4 is 109 Å². The van der Waals surface area contributed by atoms with Crippen LogP contribution in [0.2, 0.25) is 0 Å². The molecule has 0 radical (unpaired) electrons. The summed E-state index contributed by atoms with van der Waals surface area (Å²) >= 11 is 5.77. The summed E-state index contributed by atoms with van der Waals surface area (Å²) < 4.78 is 70.0. The molecule has 22 rings (SSSR count). The number of alkyl halides is 3. The molecule has 28 heteroatoms. The van der Waals surface area contributed by atoms with Crippen molar-refractivity contribution in [3.63, 3.8) is 0 Å². The van der Waals surface area contributed by atoms with E-state index < -0.39 is 12.6 Å². The van der Waals surface area contributed by atoms with Crippen LogP contribution < -0.4 is 18.9 Å². The first kappa shape index (κ1) is 96.2. The van der Waals surface area contributed by atoms with Crippen molar-refractivity contribution in [1.82, 2.24) is 19.6 Å². The van der Waals surface area contributed by atoms with E-state index in [1.807, 2.05) is 85.8 Å². The number of benzene rings is 12. The number of likely N-dealkylation sites (tertiary alicyclic amines) is 4. The molecule has 5 aliphatic heterocycles. The Hall–Kier alpha value is -13.7. The van der Waals surface area contributed by atoms with Crippen molar-refractivity contribution in [2.24, 2.45) is 11.8 Å². The summed E-state index contributed by atoms with van der Waals surface area (Å²) in [4.78, 5) is 66.9. The summed E-state index contributed by atoms with van der Waals surface area (Å²) in [7, 11) is 0. The van der Waals surface area contributed by atoms with E-state index in [-0.39, 0.29) is 100 Å². The van der Waals surface area contributed by atoms with Gasteiger partial charge < -0.3 is 64.5 Å². The molecule has 21 nitrogen and oxygen atoms in total. The molecule has 0 amide bonds. The highest BCUT2D eigenvalue weighted by atomic mass is 32.1. The molecule has 722 valence electrons. The zero-order valence-corrected chi connectivity index (χ0v) is 80.5. The molecule has 0 spiro atoms. The van der Waals surface area contributed by atoms with E-state index in [1.54, 1.807) is 187 Å². The lowest BCUT2D eigenvalue weighted by molar-refractivity contribution is -0.142. The average molecular weight is 1970 g/mol. The van der Waals surface area contributed by atoms with E-state index in [9.17, 15) is 73.2 Å². The van der Waals surface area contributed by atoms with Crippen molar-refractivity contribution in [3.05, 3.63) is 311 Å². The molecule has 4 aromatic heterocycles. The summed E-state index contributed by atoms with van der Waals surface area (Å²) in [5, 5.41) is 81.9. The predicted octanol–water partition coefficient (Wildman–Crippen LogP) is 23.6. The van der Waals surface area contributed by atoms with Gasteiger partial charge >= 0.3 is 6.18 Å². The number of carbonyl (C=O) groups is 4. The van der Waals surface area contributed by atoms with Gasteiger partial charge in [-0.3, -0.25) is 38.8 Å². The van der Waals surface area contributed by atoms with Crippen LogP contribution >= 0.6 is 45.3 Å². The Morgan fingerprint density at radius 2 is 0.638 bits per heavy atom. The van der Waals surface area contributed by atoms with Crippen LogP contribution in [0.15, 0.2) is 261 Å². The number of aromatic hydroxyl groups is 8. The van der Waals surface area contributed by atoms with Crippen molar-refractivity contribution in [2.45, 2.75) is 83.0 Å². The summed E-state index contributed by atoms with van der Waals surface area (Å²) in [6.45, 7) is 15.7. The van der Waals surface area contributed by atoms with Gasteiger partial charge in [0, 0.05) is 183 Å². The highest BCUT2D eigenvalue weighted by Gasteiger charge is 2.38. The van der Waals surface area contributed by atoms with Gasteiger partial charge in [-0.2, -0.15) is 13.2 Å². The number of carbonyl (C=O) groups excluding carboxylic acids is 4. The zero-order chi connectivity index (χ0) is 97.9. The third-order valence-electron chi connectivity index (χ3n) is 26.4. The quantitative estimate of drug-likeness (QED) is 0.0211. The zero-order valence-electron chi connectivity index (χ0n) is 77.2. The van der Waals surface area contributed by atoms with Crippen LogP contribution in [0.4, 0.5) is 13.2 Å². The van der Waals surface area contributed by atoms with Gasteiger partial charge in [-0.25, -0.2) is 0 Å². The van der Waals surface area contributed by atoms with E-state index in [4.69, 9.17) is 23.7 Å². The Labute approximate surface area is 827 Å². The number of ether oxygens (including phenoxy) is 5. The summed E-state index contributed by atoms with van der Waals surface area (Å²) in [6, 6.07) is 74.4. The molecule has 1 atom stereocenters. The van der Waals surface area contributed by atoms with Crippen molar-refractivity contribution in [1.29, 1.82) is 0 Å². The largest absolute Gasteiger partial charge is 0.508 e. The molecule has 16 aromatic rings. The molecule has 6 fully saturated rings. The van der Waals surface area contributed by atoms with Crippen LogP contribution in [-0.4, -0.2) is 206 Å². The second-order valence-electron chi connectivity index (χ2n) is 36.8. The standard InChI is InChI=1S/C29H27NO5S.C29H27NO4S.C28H27NO4S.C27H22F3NO4S/c31-21-5-1-20(2-6-21)29-27(25-10-7-22(32)13-26(25)36-29)28(33)19-3-8-23(9-4-19)35-24-15-30(16-24)14-18-11-12-34-17-18;31-21-8-4-20(5-9-21)29-27(25-13-10-22(32)14-26(25)35-29)28(33)19-6-11-23(12-7-19)34-24-16-30(17-24)15-18-2-1-3-18;1-3-12-29-15-22(16-29)33-21-8-4-18(5-9-21)27(32)26-24-11-7-20(31)14-25(24)34-28(26)23-10-6-19(30)13-17(23)2;28-27(29,30)11-12-31-14-21(15-31)35-20-8-3-16(4-9-20)25(34)24-22-10-7-19(33)13-23(22)36-26(24)17-1-5-18(32)6-2-17/h1-10,13,18,24,31-32H,11-12,14-17H2;4-14,18,24,31-32H,1-3,15-17H2;4-11,13-14,22,30-31H,3,12,15-16H2,1-2H3;1-10,13,21,32-33H,11-12,14-15H2. The number of phenols is 8. The van der Waals surface area contributed by atoms with Crippen LogP contribution in [0.3, 0.4) is 0 Å². The van der Waals surface area contributed by atoms with Crippen LogP contribution in [0.1, 0.15) is 115 Å². The number of phenolic OH excluding ortho intramolecular Hbond substituents is 8. The normalized spacial score (nSPS) is 16.0. The Kier molecular flexibility index (Phi) is 28.7. The number of ketones is 4. The maximum atomic E-state index is 13.7. The summed E-state index contributed by atoms with van der Waals surface area (Å²) in [5.74, 6) is 5.20. The van der Waals surface area contributed by atoms with Crippen LogP contribution in [0, 0.1) is 18.8 Å². The van der Waals surface area contributed by atoms with Gasteiger partial charge in [0.05, 0.1) is 13.0 Å². The lowest BCUT2D eigenvalue weighted by Gasteiger charge is -2.42. The first-order valence-electron chi connectivity index (χ1n) is 47.2. The molecular weight excluding hydrogens is 1870 g/mol. The average Bonchev–Trinajstić information content (AvgIpc) is 1.62. The second kappa shape index (κ2) is 42.0. The maximum Gasteiger partial charge on any atom is 0.390 e. The number of fused-ring (bicyclic) bond motifs is 4. The maximum absolute atomic E-state index is 13.7. The van der Waals surface area contributed by atoms with Gasteiger partial charge in [-0.15, -0.1) is 45.3 Å². The van der Waals surface area contributed by atoms with Gasteiger partial charge in [0.15, 0.2) is 23.1 Å². The van der Waals surface area contributed by atoms with Gasteiger partial charge in [-0.05, 0) is 340 Å². The number of nitrogens with zero attached hydrogens (tertiary/aromatic N) is 4. The van der Waals surface area contributed by atoms with Gasteiger partial charge in [0.25, 0.3) is 0 Å². The topological polar surface area (TPSA) is 289 Å². The lowest BCUT2D eigenvalue weighted by atomic mass is 9.84. The second-order valence-corrected chi connectivity index (χ2v) is 41.0. The number of aryl methyl sites for hydroxylation is 1. The van der Waals surface area contributed by atoms with Crippen LogP contribution in [0.5, 0.6) is 69.0 Å². The summed E-state index contributed by atoms with van der Waals surface area (Å²) in [5.41, 5.74) is 8.76. The molecule has 9 heterocycles. The SMILES string of the molecule is CCCN1CC(Oc2ccc(C(=O)c3c(-c4ccc(O)cc4C)sc4cc(O)ccc34)cc2)C1.O=C(c1ccc(OC2CN(CC3CCC3)C2)cc1)c1c(-c2ccc(O)cc2)sc2cc(O)ccc12.O=C(c1ccc(OC2CN(CC3CCOC3)C2)cc1)c1c(-c2ccc(O)cc2)sc2cc(O)ccc12.O=C(c1ccc(OC2CN(CCC(F)(F)F)C2)cc1)c1c(-c2ccc(O)cc2)sc2cc(O)ccc12. The van der Waals surface area contributed by atoms with Gasteiger partial charge in [0.1, 0.15) is 93.4 Å². The molecule has 6 aliphatic rings. The molecule has 141 heavy (non-hydrogen) atoms. The highest BCUT2D eigenvalue weighted by molar-refractivity contribution is 7.24. The Morgan fingerprint density at radius 1 is 0.348 bits per heavy atom. The Balaban J connectivity index is 0.000000120. The highest BCUT2D eigenvalue weighted by Crippen LogP contribution is 2.48. The minimum Gasteiger partial charge on any atom is -0.508 e. The van der Waals surface area contributed by atoms with E-state index in [1.165, 1.54) is 71.2 Å². The molecule has 12 aromatic carbocycles.